The van der Waals surface area contributed by atoms with E-state index in [1.165, 1.54) is 0 Å². The second-order valence-electron chi connectivity index (χ2n) is 6.97. The Morgan fingerprint density at radius 2 is 2.00 bits per heavy atom. The normalized spacial score (nSPS) is 19.0. The first-order chi connectivity index (χ1) is 13.0. The molecule has 1 N–H and O–H groups in total. The molecule has 0 bridgehead atoms. The summed E-state index contributed by atoms with van der Waals surface area (Å²) < 4.78 is 11.2. The molecule has 0 aliphatic carbocycles. The predicted octanol–water partition coefficient (Wildman–Crippen LogP) is 3.59. The molecule has 1 aromatic carbocycles. The van der Waals surface area contributed by atoms with Gasteiger partial charge in [-0.05, 0) is 25.8 Å². The number of piperidine rings is 1. The van der Waals surface area contributed by atoms with E-state index >= 15 is 0 Å². The molecule has 2 aliphatic rings. The van der Waals surface area contributed by atoms with Gasteiger partial charge in [0.2, 0.25) is 0 Å². The molecule has 144 valence electrons. The average molecular weight is 410 g/mol. The topological polar surface area (TPSA) is 67.7 Å². The summed E-state index contributed by atoms with van der Waals surface area (Å²) in [5, 5.41) is 10.8. The fourth-order valence-electron chi connectivity index (χ4n) is 3.69. The number of rotatable bonds is 3. The lowest BCUT2D eigenvalue weighted by Gasteiger charge is -2.38. The van der Waals surface area contributed by atoms with Gasteiger partial charge in [0, 0.05) is 18.7 Å². The zero-order chi connectivity index (χ0) is 19.0. The standard InChI is InChI=1S/C19H21Cl2N3O3/c1-12-17(13-3-2-4-14(20)16(13)21)23-15(9-25)18(22-12)24-7-5-19(6-8-24)10-26-11-27-19/h2-4,25H,5-11H2,1H3. The van der Waals surface area contributed by atoms with E-state index in [0.29, 0.717) is 46.2 Å². The number of benzene rings is 1. The average Bonchev–Trinajstić information content (AvgIpc) is 3.13. The predicted molar refractivity (Wildman–Crippen MR) is 104 cm³/mol. The zero-order valence-electron chi connectivity index (χ0n) is 15.0. The van der Waals surface area contributed by atoms with Crippen LogP contribution in [0.1, 0.15) is 24.2 Å². The second kappa shape index (κ2) is 7.53. The summed E-state index contributed by atoms with van der Waals surface area (Å²) in [5.74, 6) is 0.714. The van der Waals surface area contributed by atoms with Gasteiger partial charge in [-0.2, -0.15) is 0 Å². The number of aromatic nitrogens is 2. The third-order valence-corrected chi connectivity index (χ3v) is 6.08. The minimum absolute atomic E-state index is 0.174. The largest absolute Gasteiger partial charge is 0.390 e. The monoisotopic (exact) mass is 409 g/mol. The molecular weight excluding hydrogens is 389 g/mol. The Balaban J connectivity index is 1.65. The molecule has 1 aromatic heterocycles. The smallest absolute Gasteiger partial charge is 0.153 e. The molecule has 3 heterocycles. The summed E-state index contributed by atoms with van der Waals surface area (Å²) in [7, 11) is 0. The molecular formula is C19H21Cl2N3O3. The van der Waals surface area contributed by atoms with Crippen LogP contribution in [0.25, 0.3) is 11.3 Å². The van der Waals surface area contributed by atoms with Gasteiger partial charge in [0.15, 0.2) is 5.82 Å². The molecule has 0 unspecified atom stereocenters. The summed E-state index contributed by atoms with van der Waals surface area (Å²) in [6.45, 7) is 4.27. The third-order valence-electron chi connectivity index (χ3n) is 5.27. The highest BCUT2D eigenvalue weighted by Crippen LogP contribution is 2.36. The lowest BCUT2D eigenvalue weighted by atomic mass is 9.92. The number of halogens is 2. The summed E-state index contributed by atoms with van der Waals surface area (Å²) in [4.78, 5) is 11.6. The molecule has 0 radical (unpaired) electrons. The van der Waals surface area contributed by atoms with Crippen molar-refractivity contribution in [2.45, 2.75) is 32.0 Å². The van der Waals surface area contributed by atoms with Crippen molar-refractivity contribution < 1.29 is 14.6 Å². The maximum absolute atomic E-state index is 9.91. The fraction of sp³-hybridized carbons (Fsp3) is 0.474. The molecule has 4 rings (SSSR count). The van der Waals surface area contributed by atoms with Crippen LogP contribution in [0.4, 0.5) is 5.82 Å². The van der Waals surface area contributed by atoms with Crippen LogP contribution in [0, 0.1) is 6.92 Å². The second-order valence-corrected chi connectivity index (χ2v) is 7.75. The zero-order valence-corrected chi connectivity index (χ0v) is 16.6. The molecule has 2 aliphatic heterocycles. The van der Waals surface area contributed by atoms with Crippen molar-refractivity contribution in [1.82, 2.24) is 9.97 Å². The van der Waals surface area contributed by atoms with E-state index in [4.69, 9.17) is 37.7 Å². The number of ether oxygens (including phenoxy) is 2. The van der Waals surface area contributed by atoms with Crippen molar-refractivity contribution in [3.63, 3.8) is 0 Å². The lowest BCUT2D eigenvalue weighted by molar-refractivity contribution is -0.0220. The Morgan fingerprint density at radius 1 is 1.22 bits per heavy atom. The Hall–Kier alpha value is -1.44. The van der Waals surface area contributed by atoms with Gasteiger partial charge in [0.05, 0.1) is 40.2 Å². The van der Waals surface area contributed by atoms with Crippen LogP contribution in [0.2, 0.25) is 10.0 Å². The minimum Gasteiger partial charge on any atom is -0.390 e. The van der Waals surface area contributed by atoms with Crippen LogP contribution in [0.3, 0.4) is 0 Å². The molecule has 0 amide bonds. The molecule has 6 nitrogen and oxygen atoms in total. The highest BCUT2D eigenvalue weighted by Gasteiger charge is 2.40. The van der Waals surface area contributed by atoms with Gasteiger partial charge in [0.1, 0.15) is 12.5 Å². The lowest BCUT2D eigenvalue weighted by Crippen LogP contribution is -2.46. The van der Waals surface area contributed by atoms with Gasteiger partial charge in [-0.3, -0.25) is 0 Å². The summed E-state index contributed by atoms with van der Waals surface area (Å²) in [6.07, 6.45) is 1.72. The number of hydrogen-bond acceptors (Lipinski definition) is 6. The highest BCUT2D eigenvalue weighted by molar-refractivity contribution is 6.43. The quantitative estimate of drug-likeness (QED) is 0.834. The first-order valence-corrected chi connectivity index (χ1v) is 9.68. The Bertz CT molecular complexity index is 846. The van der Waals surface area contributed by atoms with E-state index in [0.717, 1.165) is 31.6 Å². The molecule has 2 aromatic rings. The SMILES string of the molecule is Cc1nc(N2CCC3(CC2)COCO3)c(CO)nc1-c1cccc(Cl)c1Cl. The number of anilines is 1. The molecule has 27 heavy (non-hydrogen) atoms. The van der Waals surface area contributed by atoms with E-state index in [1.807, 2.05) is 19.1 Å². The molecule has 2 fully saturated rings. The van der Waals surface area contributed by atoms with Crippen molar-refractivity contribution in [3.8, 4) is 11.3 Å². The van der Waals surface area contributed by atoms with Crippen LogP contribution in [0.5, 0.6) is 0 Å². The van der Waals surface area contributed by atoms with Gasteiger partial charge < -0.3 is 19.5 Å². The molecule has 0 atom stereocenters. The van der Waals surface area contributed by atoms with Crippen LogP contribution in [-0.4, -0.2) is 47.2 Å². The summed E-state index contributed by atoms with van der Waals surface area (Å²) in [6, 6.07) is 5.41. The van der Waals surface area contributed by atoms with Gasteiger partial charge in [-0.1, -0.05) is 35.3 Å². The highest BCUT2D eigenvalue weighted by atomic mass is 35.5. The van der Waals surface area contributed by atoms with E-state index in [9.17, 15) is 5.11 Å². The molecule has 8 heteroatoms. The van der Waals surface area contributed by atoms with Crippen LogP contribution in [-0.2, 0) is 16.1 Å². The fourth-order valence-corrected chi connectivity index (χ4v) is 4.08. The Morgan fingerprint density at radius 3 is 2.67 bits per heavy atom. The number of aliphatic hydroxyl groups is 1. The number of aliphatic hydroxyl groups excluding tert-OH is 1. The first kappa shape index (κ1) is 18.9. The van der Waals surface area contributed by atoms with Gasteiger partial charge in [0.25, 0.3) is 0 Å². The van der Waals surface area contributed by atoms with Crippen LogP contribution < -0.4 is 4.90 Å². The van der Waals surface area contributed by atoms with E-state index in [-0.39, 0.29) is 12.2 Å². The Kier molecular flexibility index (Phi) is 5.27. The van der Waals surface area contributed by atoms with Gasteiger partial charge in [-0.25, -0.2) is 9.97 Å². The third kappa shape index (κ3) is 3.52. The van der Waals surface area contributed by atoms with E-state index in [2.05, 4.69) is 9.88 Å². The minimum atomic E-state index is -0.199. The van der Waals surface area contributed by atoms with E-state index in [1.54, 1.807) is 6.07 Å². The van der Waals surface area contributed by atoms with Crippen LogP contribution in [0.15, 0.2) is 18.2 Å². The molecule has 0 saturated carbocycles. The molecule has 2 saturated heterocycles. The Labute approximate surface area is 168 Å². The van der Waals surface area contributed by atoms with Crippen molar-refractivity contribution in [2.24, 2.45) is 0 Å². The number of nitrogens with zero attached hydrogens (tertiary/aromatic N) is 3. The maximum atomic E-state index is 9.91. The summed E-state index contributed by atoms with van der Waals surface area (Å²) in [5.41, 5.74) is 2.45. The van der Waals surface area contributed by atoms with Gasteiger partial charge in [-0.15, -0.1) is 0 Å². The first-order valence-electron chi connectivity index (χ1n) is 8.92. The number of hydrogen-bond donors (Lipinski definition) is 1. The van der Waals surface area contributed by atoms with Crippen molar-refractivity contribution in [3.05, 3.63) is 39.6 Å². The van der Waals surface area contributed by atoms with Crippen molar-refractivity contribution in [1.29, 1.82) is 0 Å². The number of aryl methyl sites for hydroxylation is 1. The van der Waals surface area contributed by atoms with Crippen molar-refractivity contribution >= 4 is 29.0 Å². The van der Waals surface area contributed by atoms with Crippen molar-refractivity contribution in [2.75, 3.05) is 31.4 Å². The molecule has 1 spiro atoms. The van der Waals surface area contributed by atoms with Crippen LogP contribution >= 0.6 is 23.2 Å². The van der Waals surface area contributed by atoms with Gasteiger partial charge >= 0.3 is 0 Å². The maximum Gasteiger partial charge on any atom is 0.153 e. The summed E-state index contributed by atoms with van der Waals surface area (Å²) >= 11 is 12.5. The van der Waals surface area contributed by atoms with E-state index < -0.39 is 0 Å².